The second kappa shape index (κ2) is 8.83. The molecule has 9 heteroatoms. The zero-order chi connectivity index (χ0) is 21.9. The summed E-state index contributed by atoms with van der Waals surface area (Å²) < 4.78 is 25.2. The van der Waals surface area contributed by atoms with Gasteiger partial charge in [0.2, 0.25) is 10.0 Å². The van der Waals surface area contributed by atoms with Crippen LogP contribution in [0.4, 0.5) is 11.4 Å². The fourth-order valence-electron chi connectivity index (χ4n) is 3.54. The summed E-state index contributed by atoms with van der Waals surface area (Å²) >= 11 is 0. The number of hydrogen-bond donors (Lipinski definition) is 2. The van der Waals surface area contributed by atoms with Gasteiger partial charge in [0.1, 0.15) is 0 Å². The molecular weight excluding hydrogens is 404 g/mol. The summed E-state index contributed by atoms with van der Waals surface area (Å²) in [6.07, 6.45) is 5.14. The predicted octanol–water partition coefficient (Wildman–Crippen LogP) is 2.76. The number of sulfonamides is 1. The highest BCUT2D eigenvalue weighted by Gasteiger charge is 2.31. The number of nitrogens with one attached hydrogen (secondary N) is 2. The van der Waals surface area contributed by atoms with E-state index in [-0.39, 0.29) is 6.04 Å². The summed E-state index contributed by atoms with van der Waals surface area (Å²) in [5.74, 6) is -1.28. The molecule has 2 amide bonds. The maximum absolute atomic E-state index is 12.9. The SMILES string of the molecule is Cc1cc(NC(=O)C(=O)N2CCCC[C@H]2c2ccc(NS(C)(=O)=O)cc2)cnc1C. The van der Waals surface area contributed by atoms with Crippen molar-refractivity contribution < 1.29 is 18.0 Å². The van der Waals surface area contributed by atoms with Gasteiger partial charge in [-0.3, -0.25) is 19.3 Å². The van der Waals surface area contributed by atoms with E-state index in [0.29, 0.717) is 17.9 Å². The maximum atomic E-state index is 12.9. The van der Waals surface area contributed by atoms with Crippen molar-refractivity contribution in [1.29, 1.82) is 0 Å². The number of carbonyl (C=O) groups is 2. The second-order valence-corrected chi connectivity index (χ2v) is 9.34. The van der Waals surface area contributed by atoms with Crippen LogP contribution in [0.3, 0.4) is 0 Å². The lowest BCUT2D eigenvalue weighted by Gasteiger charge is -2.35. The van der Waals surface area contributed by atoms with Crippen LogP contribution in [0.5, 0.6) is 0 Å². The fourth-order valence-corrected chi connectivity index (χ4v) is 4.10. The highest BCUT2D eigenvalue weighted by Crippen LogP contribution is 2.32. The monoisotopic (exact) mass is 430 g/mol. The van der Waals surface area contributed by atoms with Crippen molar-refractivity contribution in [2.24, 2.45) is 0 Å². The van der Waals surface area contributed by atoms with Crippen molar-refractivity contribution in [2.75, 3.05) is 22.8 Å². The minimum absolute atomic E-state index is 0.234. The van der Waals surface area contributed by atoms with Crippen LogP contribution in [0.25, 0.3) is 0 Å². The molecule has 0 saturated carbocycles. The molecule has 0 bridgehead atoms. The molecule has 0 radical (unpaired) electrons. The Hall–Kier alpha value is -2.94. The lowest BCUT2D eigenvalue weighted by atomic mass is 9.95. The van der Waals surface area contributed by atoms with Gasteiger partial charge in [-0.15, -0.1) is 0 Å². The number of rotatable bonds is 4. The van der Waals surface area contributed by atoms with Gasteiger partial charge in [-0.25, -0.2) is 8.42 Å². The van der Waals surface area contributed by atoms with Gasteiger partial charge in [-0.05, 0) is 62.4 Å². The van der Waals surface area contributed by atoms with E-state index in [1.165, 1.54) is 6.20 Å². The average Bonchev–Trinajstić information content (AvgIpc) is 2.69. The van der Waals surface area contributed by atoms with E-state index in [0.717, 1.165) is 42.3 Å². The normalized spacial score (nSPS) is 16.8. The van der Waals surface area contributed by atoms with Crippen LogP contribution < -0.4 is 10.0 Å². The quantitative estimate of drug-likeness (QED) is 0.725. The number of anilines is 2. The van der Waals surface area contributed by atoms with Gasteiger partial charge in [0.15, 0.2) is 0 Å². The zero-order valence-electron chi connectivity index (χ0n) is 17.3. The number of piperidine rings is 1. The molecule has 2 heterocycles. The van der Waals surface area contributed by atoms with Crippen LogP contribution in [0.15, 0.2) is 36.5 Å². The first-order chi connectivity index (χ1) is 14.1. The molecule has 3 rings (SSSR count). The summed E-state index contributed by atoms with van der Waals surface area (Å²) in [6, 6.07) is 8.45. The highest BCUT2D eigenvalue weighted by atomic mass is 32.2. The Morgan fingerprint density at radius 3 is 2.43 bits per heavy atom. The third-order valence-electron chi connectivity index (χ3n) is 5.15. The van der Waals surface area contributed by atoms with Gasteiger partial charge in [0.25, 0.3) is 0 Å². The summed E-state index contributed by atoms with van der Waals surface area (Å²) in [5, 5.41) is 2.64. The van der Waals surface area contributed by atoms with Gasteiger partial charge >= 0.3 is 11.8 Å². The van der Waals surface area contributed by atoms with Crippen LogP contribution >= 0.6 is 0 Å². The zero-order valence-corrected chi connectivity index (χ0v) is 18.1. The third kappa shape index (κ3) is 5.35. The summed E-state index contributed by atoms with van der Waals surface area (Å²) in [6.45, 7) is 4.26. The van der Waals surface area contributed by atoms with Crippen LogP contribution in [0.2, 0.25) is 0 Å². The lowest BCUT2D eigenvalue weighted by Crippen LogP contribution is -2.44. The van der Waals surface area contributed by atoms with E-state index in [9.17, 15) is 18.0 Å². The molecule has 1 saturated heterocycles. The molecule has 1 atom stereocenters. The number of amides is 2. The Morgan fingerprint density at radius 2 is 1.80 bits per heavy atom. The van der Waals surface area contributed by atoms with Gasteiger partial charge in [0.05, 0.1) is 24.2 Å². The number of nitrogens with zero attached hydrogens (tertiary/aromatic N) is 2. The average molecular weight is 431 g/mol. The van der Waals surface area contributed by atoms with E-state index in [4.69, 9.17) is 0 Å². The van der Waals surface area contributed by atoms with Gasteiger partial charge in [-0.1, -0.05) is 12.1 Å². The first-order valence-corrected chi connectivity index (χ1v) is 11.7. The number of pyridine rings is 1. The molecular formula is C21H26N4O4S. The third-order valence-corrected chi connectivity index (χ3v) is 5.76. The number of aromatic nitrogens is 1. The first-order valence-electron chi connectivity index (χ1n) is 9.77. The molecule has 1 fully saturated rings. The molecule has 160 valence electrons. The number of carbonyl (C=O) groups excluding carboxylic acids is 2. The molecule has 0 spiro atoms. The van der Waals surface area contributed by atoms with E-state index in [1.807, 2.05) is 13.8 Å². The van der Waals surface area contributed by atoms with Gasteiger partial charge in [-0.2, -0.15) is 0 Å². The Bertz CT molecular complexity index is 1050. The smallest absolute Gasteiger partial charge is 0.313 e. The number of aryl methyl sites for hydroxylation is 2. The lowest BCUT2D eigenvalue weighted by molar-refractivity contribution is -0.145. The number of hydrogen-bond acceptors (Lipinski definition) is 5. The van der Waals surface area contributed by atoms with Gasteiger partial charge in [0, 0.05) is 17.9 Å². The maximum Gasteiger partial charge on any atom is 0.313 e. The summed E-state index contributed by atoms with van der Waals surface area (Å²) in [4.78, 5) is 31.3. The van der Waals surface area contributed by atoms with Crippen molar-refractivity contribution in [3.63, 3.8) is 0 Å². The van der Waals surface area contributed by atoms with E-state index < -0.39 is 21.8 Å². The molecule has 1 aromatic heterocycles. The minimum atomic E-state index is -3.36. The van der Waals surface area contributed by atoms with Crippen LogP contribution in [0, 0.1) is 13.8 Å². The first kappa shape index (κ1) is 21.8. The molecule has 8 nitrogen and oxygen atoms in total. The molecule has 30 heavy (non-hydrogen) atoms. The Balaban J connectivity index is 1.75. The standard InChI is InChI=1S/C21H26N4O4S/c1-14-12-18(13-22-15(14)2)23-20(26)21(27)25-11-5-4-6-19(25)16-7-9-17(10-8-16)24-30(3,28)29/h7-10,12-13,19,24H,4-6,11H2,1-3H3,(H,23,26)/t19-/m0/s1. The van der Waals surface area contributed by atoms with Gasteiger partial charge < -0.3 is 10.2 Å². The minimum Gasteiger partial charge on any atom is -0.327 e. The van der Waals surface area contributed by atoms with Crippen molar-refractivity contribution in [2.45, 2.75) is 39.2 Å². The largest absolute Gasteiger partial charge is 0.327 e. The molecule has 2 aromatic rings. The Labute approximate surface area is 176 Å². The van der Waals surface area contributed by atoms with Crippen molar-refractivity contribution in [3.05, 3.63) is 53.3 Å². The van der Waals surface area contributed by atoms with Crippen LogP contribution in [-0.2, 0) is 19.6 Å². The fraction of sp³-hybridized carbons (Fsp3) is 0.381. The molecule has 1 aliphatic heterocycles. The Morgan fingerprint density at radius 1 is 1.10 bits per heavy atom. The molecule has 0 unspecified atom stereocenters. The van der Waals surface area contributed by atoms with E-state index >= 15 is 0 Å². The highest BCUT2D eigenvalue weighted by molar-refractivity contribution is 7.92. The number of likely N-dealkylation sites (tertiary alicyclic amines) is 1. The van der Waals surface area contributed by atoms with E-state index in [2.05, 4.69) is 15.0 Å². The second-order valence-electron chi connectivity index (χ2n) is 7.59. The molecule has 2 N–H and O–H groups in total. The molecule has 1 aromatic carbocycles. The molecule has 1 aliphatic rings. The van der Waals surface area contributed by atoms with E-state index in [1.54, 1.807) is 35.2 Å². The summed E-state index contributed by atoms with van der Waals surface area (Å²) in [5.41, 5.74) is 3.60. The Kier molecular flexibility index (Phi) is 6.40. The predicted molar refractivity (Wildman–Crippen MR) is 116 cm³/mol. The van der Waals surface area contributed by atoms with Crippen molar-refractivity contribution >= 4 is 33.2 Å². The van der Waals surface area contributed by atoms with Crippen LogP contribution in [0.1, 0.15) is 42.1 Å². The van der Waals surface area contributed by atoms with Crippen molar-refractivity contribution in [3.8, 4) is 0 Å². The topological polar surface area (TPSA) is 108 Å². The number of benzene rings is 1. The van der Waals surface area contributed by atoms with Crippen molar-refractivity contribution in [1.82, 2.24) is 9.88 Å². The molecule has 0 aliphatic carbocycles. The van der Waals surface area contributed by atoms with Crippen LogP contribution in [-0.4, -0.2) is 42.9 Å². The summed E-state index contributed by atoms with van der Waals surface area (Å²) in [7, 11) is -3.36.